The van der Waals surface area contributed by atoms with Gasteiger partial charge in [-0.15, -0.1) is 0 Å². The number of benzene rings is 1. The van der Waals surface area contributed by atoms with Crippen molar-refractivity contribution >= 4 is 21.8 Å². The van der Waals surface area contributed by atoms with Gasteiger partial charge in [0.15, 0.2) is 0 Å². The smallest absolute Gasteiger partial charge is 0.237 e. The van der Waals surface area contributed by atoms with E-state index in [0.717, 1.165) is 29.4 Å². The van der Waals surface area contributed by atoms with E-state index in [-0.39, 0.29) is 18.0 Å². The molecule has 0 radical (unpaired) electrons. The van der Waals surface area contributed by atoms with Crippen LogP contribution >= 0.6 is 15.9 Å². The molecule has 2 unspecified atom stereocenters. The maximum absolute atomic E-state index is 12.1. The Morgan fingerprint density at radius 1 is 1.44 bits per heavy atom. The Morgan fingerprint density at radius 2 is 2.22 bits per heavy atom. The van der Waals surface area contributed by atoms with Crippen LogP contribution < -0.4 is 10.6 Å². The molecule has 0 saturated carbocycles. The van der Waals surface area contributed by atoms with Crippen molar-refractivity contribution in [3.63, 3.8) is 0 Å². The Bertz CT molecular complexity index is 416. The number of rotatable bonds is 3. The Balaban J connectivity index is 1.96. The Labute approximate surface area is 116 Å². The predicted molar refractivity (Wildman–Crippen MR) is 76.3 cm³/mol. The van der Waals surface area contributed by atoms with Crippen LogP contribution in [0.15, 0.2) is 28.7 Å². The van der Waals surface area contributed by atoms with E-state index in [1.54, 1.807) is 0 Å². The van der Waals surface area contributed by atoms with Gasteiger partial charge >= 0.3 is 0 Å². The first-order valence-electron chi connectivity index (χ1n) is 6.46. The van der Waals surface area contributed by atoms with Crippen LogP contribution in [0.4, 0.5) is 0 Å². The van der Waals surface area contributed by atoms with Crippen LogP contribution in [0.2, 0.25) is 0 Å². The molecule has 2 atom stereocenters. The number of nitrogens with one attached hydrogen (secondary N) is 2. The molecule has 1 aliphatic heterocycles. The van der Waals surface area contributed by atoms with E-state index in [4.69, 9.17) is 0 Å². The fourth-order valence-electron chi connectivity index (χ4n) is 2.29. The molecule has 18 heavy (non-hydrogen) atoms. The molecule has 1 fully saturated rings. The molecular formula is C14H19BrN2O. The summed E-state index contributed by atoms with van der Waals surface area (Å²) >= 11 is 3.52. The lowest BCUT2D eigenvalue weighted by atomic mass is 10.0. The first kappa shape index (κ1) is 13.6. The van der Waals surface area contributed by atoms with Crippen LogP contribution in [0.3, 0.4) is 0 Å². The Kier molecular flexibility index (Phi) is 4.78. The molecule has 2 rings (SSSR count). The molecule has 0 aliphatic carbocycles. The lowest BCUT2D eigenvalue weighted by Gasteiger charge is -2.25. The summed E-state index contributed by atoms with van der Waals surface area (Å²) in [7, 11) is 0. The van der Waals surface area contributed by atoms with Gasteiger partial charge in [-0.25, -0.2) is 0 Å². The number of piperidine rings is 1. The SMILES string of the molecule is CC(NC(=O)C1CCCCN1)c1ccccc1Br. The summed E-state index contributed by atoms with van der Waals surface area (Å²) in [6.45, 7) is 2.96. The van der Waals surface area contributed by atoms with E-state index in [2.05, 4.69) is 26.6 Å². The van der Waals surface area contributed by atoms with Gasteiger partial charge in [-0.1, -0.05) is 40.5 Å². The molecule has 1 aromatic rings. The van der Waals surface area contributed by atoms with E-state index in [0.29, 0.717) is 0 Å². The van der Waals surface area contributed by atoms with E-state index in [1.165, 1.54) is 6.42 Å². The van der Waals surface area contributed by atoms with Crippen LogP contribution in [0, 0.1) is 0 Å². The first-order chi connectivity index (χ1) is 8.68. The molecule has 4 heteroatoms. The van der Waals surface area contributed by atoms with Gasteiger partial charge in [0.25, 0.3) is 0 Å². The maximum Gasteiger partial charge on any atom is 0.237 e. The number of carbonyl (C=O) groups is 1. The second-order valence-electron chi connectivity index (χ2n) is 4.75. The van der Waals surface area contributed by atoms with Gasteiger partial charge in [0.2, 0.25) is 5.91 Å². The van der Waals surface area contributed by atoms with Crippen molar-refractivity contribution in [2.75, 3.05) is 6.54 Å². The van der Waals surface area contributed by atoms with Gasteiger partial charge in [0.05, 0.1) is 12.1 Å². The van der Waals surface area contributed by atoms with Crippen molar-refractivity contribution in [2.24, 2.45) is 0 Å². The van der Waals surface area contributed by atoms with Crippen molar-refractivity contribution in [3.8, 4) is 0 Å². The minimum atomic E-state index is -0.0244. The fraction of sp³-hybridized carbons (Fsp3) is 0.500. The highest BCUT2D eigenvalue weighted by molar-refractivity contribution is 9.10. The Hall–Kier alpha value is -0.870. The molecule has 1 heterocycles. The van der Waals surface area contributed by atoms with Crippen molar-refractivity contribution < 1.29 is 4.79 Å². The van der Waals surface area contributed by atoms with Gasteiger partial charge in [0, 0.05) is 4.47 Å². The van der Waals surface area contributed by atoms with Crippen LogP contribution in [-0.4, -0.2) is 18.5 Å². The quantitative estimate of drug-likeness (QED) is 0.901. The average Bonchev–Trinajstić information content (AvgIpc) is 2.40. The number of hydrogen-bond donors (Lipinski definition) is 2. The molecule has 1 aromatic carbocycles. The summed E-state index contributed by atoms with van der Waals surface area (Å²) in [6, 6.07) is 7.99. The molecule has 0 bridgehead atoms. The number of amides is 1. The van der Waals surface area contributed by atoms with Gasteiger partial charge in [0.1, 0.15) is 0 Å². The highest BCUT2D eigenvalue weighted by Crippen LogP contribution is 2.23. The van der Waals surface area contributed by atoms with Crippen LogP contribution in [0.25, 0.3) is 0 Å². The molecule has 98 valence electrons. The van der Waals surface area contributed by atoms with E-state index in [1.807, 2.05) is 31.2 Å². The predicted octanol–water partition coefficient (Wildman–Crippen LogP) is 2.77. The van der Waals surface area contributed by atoms with E-state index in [9.17, 15) is 4.79 Å². The molecule has 0 aromatic heterocycles. The molecule has 2 N–H and O–H groups in total. The summed E-state index contributed by atoms with van der Waals surface area (Å²) in [5, 5.41) is 6.34. The van der Waals surface area contributed by atoms with E-state index < -0.39 is 0 Å². The third-order valence-electron chi connectivity index (χ3n) is 3.36. The second kappa shape index (κ2) is 6.34. The lowest BCUT2D eigenvalue weighted by molar-refractivity contribution is -0.124. The van der Waals surface area contributed by atoms with Gasteiger partial charge in [-0.3, -0.25) is 4.79 Å². The first-order valence-corrected chi connectivity index (χ1v) is 7.26. The normalized spacial score (nSPS) is 21.3. The van der Waals surface area contributed by atoms with Crippen LogP contribution in [0.1, 0.15) is 37.8 Å². The third-order valence-corrected chi connectivity index (χ3v) is 4.08. The van der Waals surface area contributed by atoms with Crippen LogP contribution in [-0.2, 0) is 4.79 Å². The number of carbonyl (C=O) groups excluding carboxylic acids is 1. The number of halogens is 1. The van der Waals surface area contributed by atoms with Crippen LogP contribution in [0.5, 0.6) is 0 Å². The van der Waals surface area contributed by atoms with Crippen molar-refractivity contribution in [1.82, 2.24) is 10.6 Å². The van der Waals surface area contributed by atoms with Crippen molar-refractivity contribution in [2.45, 2.75) is 38.3 Å². The fourth-order valence-corrected chi connectivity index (χ4v) is 2.92. The zero-order valence-corrected chi connectivity index (χ0v) is 12.2. The summed E-state index contributed by atoms with van der Waals surface area (Å²) in [5.74, 6) is 0.109. The maximum atomic E-state index is 12.1. The third kappa shape index (κ3) is 3.33. The molecule has 3 nitrogen and oxygen atoms in total. The standard InChI is InChI=1S/C14H19BrN2O/c1-10(11-6-2-3-7-12(11)15)17-14(18)13-8-4-5-9-16-13/h2-3,6-7,10,13,16H,4-5,8-9H2,1H3,(H,17,18). The van der Waals surface area contributed by atoms with Gasteiger partial charge in [-0.05, 0) is 37.9 Å². The lowest BCUT2D eigenvalue weighted by Crippen LogP contribution is -2.47. The topological polar surface area (TPSA) is 41.1 Å². The summed E-state index contributed by atoms with van der Waals surface area (Å²) < 4.78 is 1.04. The average molecular weight is 311 g/mol. The second-order valence-corrected chi connectivity index (χ2v) is 5.61. The monoisotopic (exact) mass is 310 g/mol. The summed E-state index contributed by atoms with van der Waals surface area (Å²) in [6.07, 6.45) is 3.24. The largest absolute Gasteiger partial charge is 0.348 e. The highest BCUT2D eigenvalue weighted by atomic mass is 79.9. The van der Waals surface area contributed by atoms with Gasteiger partial charge < -0.3 is 10.6 Å². The molecule has 1 aliphatic rings. The zero-order valence-electron chi connectivity index (χ0n) is 10.6. The molecular weight excluding hydrogens is 292 g/mol. The minimum absolute atomic E-state index is 0.0244. The van der Waals surface area contributed by atoms with Gasteiger partial charge in [-0.2, -0.15) is 0 Å². The Morgan fingerprint density at radius 3 is 2.89 bits per heavy atom. The highest BCUT2D eigenvalue weighted by Gasteiger charge is 2.22. The summed E-state index contributed by atoms with van der Waals surface area (Å²) in [4.78, 5) is 12.1. The zero-order chi connectivity index (χ0) is 13.0. The molecule has 1 saturated heterocycles. The van der Waals surface area contributed by atoms with E-state index >= 15 is 0 Å². The molecule has 0 spiro atoms. The minimum Gasteiger partial charge on any atom is -0.348 e. The van der Waals surface area contributed by atoms with Crippen molar-refractivity contribution in [3.05, 3.63) is 34.3 Å². The number of hydrogen-bond acceptors (Lipinski definition) is 2. The molecule has 1 amide bonds. The summed E-state index contributed by atoms with van der Waals surface area (Å²) in [5.41, 5.74) is 1.11. The van der Waals surface area contributed by atoms with Crippen molar-refractivity contribution in [1.29, 1.82) is 0 Å².